The van der Waals surface area contributed by atoms with Crippen LogP contribution in [-0.2, 0) is 6.42 Å². The highest BCUT2D eigenvalue weighted by molar-refractivity contribution is 5.97. The fourth-order valence-corrected chi connectivity index (χ4v) is 5.33. The lowest BCUT2D eigenvalue weighted by Crippen LogP contribution is -2.48. The smallest absolute Gasteiger partial charge is 0.274 e. The van der Waals surface area contributed by atoms with Crippen LogP contribution in [0.4, 0.5) is 0 Å². The van der Waals surface area contributed by atoms with Gasteiger partial charge in [0.1, 0.15) is 5.75 Å². The van der Waals surface area contributed by atoms with Gasteiger partial charge >= 0.3 is 0 Å². The van der Waals surface area contributed by atoms with Gasteiger partial charge in [-0.25, -0.2) is 9.50 Å². The van der Waals surface area contributed by atoms with Crippen molar-refractivity contribution in [3.05, 3.63) is 71.2 Å². The summed E-state index contributed by atoms with van der Waals surface area (Å²) < 4.78 is 7.53. The lowest BCUT2D eigenvalue weighted by Gasteiger charge is -2.42. The van der Waals surface area contributed by atoms with Crippen molar-refractivity contribution < 1.29 is 19.4 Å². The number of hydrogen-bond acceptors (Lipinski definition) is 6. The molecule has 0 radical (unpaired) electrons. The molecule has 1 spiro atoms. The highest BCUT2D eigenvalue weighted by atomic mass is 16.5. The number of hydrogen-bond donors (Lipinski definition) is 2. The van der Waals surface area contributed by atoms with Crippen molar-refractivity contribution in [3.8, 4) is 5.75 Å². The molecule has 1 aromatic carbocycles. The Labute approximate surface area is 222 Å². The highest BCUT2D eigenvalue weighted by Gasteiger charge is 2.36. The van der Waals surface area contributed by atoms with Gasteiger partial charge in [0, 0.05) is 51.1 Å². The molecule has 0 bridgehead atoms. The van der Waals surface area contributed by atoms with Crippen LogP contribution in [-0.4, -0.2) is 69.3 Å². The Bertz CT molecular complexity index is 1340. The van der Waals surface area contributed by atoms with E-state index in [1.165, 1.54) is 5.57 Å². The normalized spacial score (nSPS) is 19.8. The topological polar surface area (TPSA) is 109 Å². The fraction of sp³-hybridized carbons (Fsp3) is 0.448. The zero-order valence-electron chi connectivity index (χ0n) is 21.9. The van der Waals surface area contributed by atoms with Crippen molar-refractivity contribution >= 4 is 17.5 Å². The van der Waals surface area contributed by atoms with Gasteiger partial charge in [0.15, 0.2) is 11.3 Å². The minimum absolute atomic E-state index is 0.0336. The average molecular weight is 518 g/mol. The molecule has 3 aromatic rings. The van der Waals surface area contributed by atoms with Crippen molar-refractivity contribution in [2.45, 2.75) is 45.4 Å². The first-order chi connectivity index (χ1) is 18.5. The van der Waals surface area contributed by atoms with Crippen molar-refractivity contribution in [1.82, 2.24) is 24.8 Å². The van der Waals surface area contributed by atoms with Crippen LogP contribution in [0.2, 0.25) is 0 Å². The van der Waals surface area contributed by atoms with Crippen molar-refractivity contribution in [1.29, 1.82) is 0 Å². The lowest BCUT2D eigenvalue weighted by molar-refractivity contribution is 0.0539. The second-order valence-corrected chi connectivity index (χ2v) is 10.4. The van der Waals surface area contributed by atoms with Gasteiger partial charge in [0.2, 0.25) is 0 Å². The lowest BCUT2D eigenvalue weighted by atomic mass is 9.74. The number of aliphatic hydroxyl groups excluding tert-OH is 1. The number of benzene rings is 1. The van der Waals surface area contributed by atoms with E-state index in [2.05, 4.69) is 28.4 Å². The van der Waals surface area contributed by atoms with Crippen LogP contribution < -0.4 is 10.1 Å². The first kappa shape index (κ1) is 25.9. The van der Waals surface area contributed by atoms with Crippen LogP contribution in [0.25, 0.3) is 5.65 Å². The van der Waals surface area contributed by atoms with Crippen molar-refractivity contribution in [2.24, 2.45) is 5.41 Å². The fourth-order valence-electron chi connectivity index (χ4n) is 5.33. The summed E-state index contributed by atoms with van der Waals surface area (Å²) in [5.41, 5.74) is 3.58. The molecule has 1 fully saturated rings. The van der Waals surface area contributed by atoms with E-state index in [0.717, 1.165) is 37.7 Å². The summed E-state index contributed by atoms with van der Waals surface area (Å²) in [4.78, 5) is 32.6. The molecule has 2 amide bonds. The third kappa shape index (κ3) is 5.72. The minimum Gasteiger partial charge on any atom is -0.492 e. The van der Waals surface area contributed by atoms with Gasteiger partial charge in [0.05, 0.1) is 12.2 Å². The number of allylic oxidation sites excluding steroid dienone is 1. The molecule has 38 heavy (non-hydrogen) atoms. The maximum Gasteiger partial charge on any atom is 0.274 e. The zero-order valence-corrected chi connectivity index (χ0v) is 21.9. The van der Waals surface area contributed by atoms with E-state index in [-0.39, 0.29) is 23.8 Å². The van der Waals surface area contributed by atoms with E-state index >= 15 is 0 Å². The SMILES string of the molecule is C/C1=C\CCC2(CCN(C(=O)c3cc4ncc(CCO)cn4n3)CC2)CNC(=O)c2ccccc2OCC1. The van der Waals surface area contributed by atoms with Crippen molar-refractivity contribution in [3.63, 3.8) is 0 Å². The molecule has 5 rings (SSSR count). The second-order valence-electron chi connectivity index (χ2n) is 10.4. The number of carbonyl (C=O) groups is 2. The maximum atomic E-state index is 13.3. The predicted octanol–water partition coefficient (Wildman–Crippen LogP) is 3.43. The number of para-hydroxylation sites is 1. The van der Waals surface area contributed by atoms with Crippen LogP contribution in [0.15, 0.2) is 54.4 Å². The van der Waals surface area contributed by atoms with E-state index in [1.54, 1.807) is 29.0 Å². The Kier molecular flexibility index (Phi) is 7.74. The van der Waals surface area contributed by atoms with Crippen LogP contribution in [0.3, 0.4) is 0 Å². The van der Waals surface area contributed by atoms with Gasteiger partial charge in [-0.05, 0) is 62.1 Å². The molecule has 4 heterocycles. The molecule has 2 aliphatic rings. The highest BCUT2D eigenvalue weighted by Crippen LogP contribution is 2.37. The number of nitrogens with one attached hydrogen (secondary N) is 1. The van der Waals surface area contributed by atoms with E-state index in [0.29, 0.717) is 55.3 Å². The minimum atomic E-state index is -0.125. The molecule has 200 valence electrons. The number of carbonyl (C=O) groups excluding carboxylic acids is 2. The summed E-state index contributed by atoms with van der Waals surface area (Å²) in [7, 11) is 0. The molecule has 1 saturated heterocycles. The molecule has 0 aliphatic carbocycles. The van der Waals surface area contributed by atoms with E-state index in [9.17, 15) is 14.7 Å². The number of aliphatic hydroxyl groups is 1. The van der Waals surface area contributed by atoms with Gasteiger partial charge < -0.3 is 20.1 Å². The molecular formula is C29H35N5O4. The molecule has 9 heteroatoms. The number of likely N-dealkylation sites (tertiary alicyclic amines) is 1. The largest absolute Gasteiger partial charge is 0.492 e. The van der Waals surface area contributed by atoms with Crippen LogP contribution in [0.5, 0.6) is 5.75 Å². The first-order valence-corrected chi connectivity index (χ1v) is 13.4. The maximum absolute atomic E-state index is 13.3. The standard InChI is InChI=1S/C29H35N5O4/c1-21-5-4-10-29(20-31-27(36)23-6-2-3-7-25(23)38-16-9-21)11-13-33(14-12-29)28(37)24-17-26-30-18-22(8-15-35)19-34(26)32-24/h2-3,5-7,17-19,35H,4,8-16,20H2,1H3,(H,31,36)/b21-5+. The zero-order chi connectivity index (χ0) is 26.5. The van der Waals surface area contributed by atoms with Crippen LogP contribution in [0.1, 0.15) is 65.4 Å². The van der Waals surface area contributed by atoms with Crippen LogP contribution >= 0.6 is 0 Å². The Balaban J connectivity index is 1.29. The van der Waals surface area contributed by atoms with Gasteiger partial charge in [0.25, 0.3) is 11.8 Å². The number of ether oxygens (including phenoxy) is 1. The molecule has 0 saturated carbocycles. The number of amides is 2. The summed E-state index contributed by atoms with van der Waals surface area (Å²) in [5, 5.41) is 16.8. The Morgan fingerprint density at radius 2 is 2.03 bits per heavy atom. The van der Waals surface area contributed by atoms with E-state index in [4.69, 9.17) is 4.74 Å². The predicted molar refractivity (Wildman–Crippen MR) is 143 cm³/mol. The van der Waals surface area contributed by atoms with E-state index in [1.807, 2.05) is 23.1 Å². The average Bonchev–Trinajstić information content (AvgIpc) is 3.36. The number of aromatic nitrogens is 3. The molecule has 2 aromatic heterocycles. The third-order valence-electron chi connectivity index (χ3n) is 7.77. The van der Waals surface area contributed by atoms with Gasteiger partial charge in [-0.15, -0.1) is 0 Å². The monoisotopic (exact) mass is 517 g/mol. The van der Waals surface area contributed by atoms with Gasteiger partial charge in [-0.1, -0.05) is 23.8 Å². The quantitative estimate of drug-likeness (QED) is 0.516. The summed E-state index contributed by atoms with van der Waals surface area (Å²) in [6.07, 6.45) is 10.6. The Morgan fingerprint density at radius 3 is 2.84 bits per heavy atom. The summed E-state index contributed by atoms with van der Waals surface area (Å²) in [5.74, 6) is 0.377. The summed E-state index contributed by atoms with van der Waals surface area (Å²) >= 11 is 0. The molecule has 2 N–H and O–H groups in total. The molecule has 0 atom stereocenters. The first-order valence-electron chi connectivity index (χ1n) is 13.4. The number of fused-ring (bicyclic) bond motifs is 2. The number of rotatable bonds is 3. The second kappa shape index (κ2) is 11.3. The van der Waals surface area contributed by atoms with Gasteiger partial charge in [-0.3, -0.25) is 9.59 Å². The van der Waals surface area contributed by atoms with Gasteiger partial charge in [-0.2, -0.15) is 5.10 Å². The Hall–Kier alpha value is -3.72. The molecule has 0 unspecified atom stereocenters. The summed E-state index contributed by atoms with van der Waals surface area (Å²) in [6, 6.07) is 9.09. The number of nitrogens with zero attached hydrogens (tertiary/aromatic N) is 4. The molecule has 2 aliphatic heterocycles. The molecule has 9 nitrogen and oxygen atoms in total. The third-order valence-corrected chi connectivity index (χ3v) is 7.77. The van der Waals surface area contributed by atoms with Crippen molar-refractivity contribution in [2.75, 3.05) is 32.8 Å². The summed E-state index contributed by atoms with van der Waals surface area (Å²) in [6.45, 7) is 4.47. The van der Waals surface area contributed by atoms with Crippen LogP contribution in [0, 0.1) is 5.41 Å². The van der Waals surface area contributed by atoms with E-state index < -0.39 is 0 Å². The number of piperidine rings is 1. The Morgan fingerprint density at radius 1 is 1.21 bits per heavy atom. The molecular weight excluding hydrogens is 482 g/mol.